The van der Waals surface area contributed by atoms with Crippen molar-refractivity contribution in [2.45, 2.75) is 38.1 Å². The maximum Gasteiger partial charge on any atom is 0.255 e. The van der Waals surface area contributed by atoms with E-state index in [0.29, 0.717) is 11.3 Å². The van der Waals surface area contributed by atoms with Crippen molar-refractivity contribution in [2.75, 3.05) is 0 Å². The molecule has 5 heteroatoms. The summed E-state index contributed by atoms with van der Waals surface area (Å²) >= 11 is 0. The number of rotatable bonds is 5. The summed E-state index contributed by atoms with van der Waals surface area (Å²) in [5.41, 5.74) is 1.43. The predicted molar refractivity (Wildman–Crippen MR) is 104 cm³/mol. The minimum absolute atomic E-state index is 0.116. The van der Waals surface area contributed by atoms with Crippen LogP contribution in [0.3, 0.4) is 0 Å². The van der Waals surface area contributed by atoms with Gasteiger partial charge in [-0.1, -0.05) is 37.5 Å². The number of aliphatic imine (C=N–C) groups is 2. The van der Waals surface area contributed by atoms with Crippen molar-refractivity contribution in [2.24, 2.45) is 9.98 Å². The van der Waals surface area contributed by atoms with Crippen LogP contribution in [0, 0.1) is 0 Å². The summed E-state index contributed by atoms with van der Waals surface area (Å²) in [5, 5.41) is 0. The molecule has 0 radical (unpaired) electrons. The van der Waals surface area contributed by atoms with E-state index in [1.165, 1.54) is 17.1 Å². The maximum absolute atomic E-state index is 14.6. The minimum Gasteiger partial charge on any atom is -0.284 e. The SMILES string of the molecule is C=N/C=C(/F)C(=NC1CCCCC1)c1cccc(-n2ccccc2=O)c1. The smallest absolute Gasteiger partial charge is 0.255 e. The van der Waals surface area contributed by atoms with Crippen molar-refractivity contribution in [1.29, 1.82) is 0 Å². The van der Waals surface area contributed by atoms with Crippen molar-refractivity contribution in [3.63, 3.8) is 0 Å². The van der Waals surface area contributed by atoms with E-state index in [-0.39, 0.29) is 17.3 Å². The molecule has 0 unspecified atom stereocenters. The van der Waals surface area contributed by atoms with Crippen LogP contribution >= 0.6 is 0 Å². The highest BCUT2D eigenvalue weighted by atomic mass is 19.1. The lowest BCUT2D eigenvalue weighted by molar-refractivity contribution is 0.443. The third kappa shape index (κ3) is 4.23. The molecule has 26 heavy (non-hydrogen) atoms. The molecule has 0 amide bonds. The molecule has 0 N–H and O–H groups in total. The average molecular weight is 351 g/mol. The topological polar surface area (TPSA) is 46.7 Å². The average Bonchev–Trinajstić information content (AvgIpc) is 2.67. The largest absolute Gasteiger partial charge is 0.284 e. The first kappa shape index (κ1) is 18.0. The molecule has 1 fully saturated rings. The van der Waals surface area contributed by atoms with Gasteiger partial charge in [-0.15, -0.1) is 0 Å². The second kappa shape index (κ2) is 8.52. The molecular weight excluding hydrogens is 329 g/mol. The lowest BCUT2D eigenvalue weighted by Gasteiger charge is -2.19. The minimum atomic E-state index is -0.511. The van der Waals surface area contributed by atoms with Gasteiger partial charge >= 0.3 is 0 Å². The lowest BCUT2D eigenvalue weighted by atomic mass is 9.95. The summed E-state index contributed by atoms with van der Waals surface area (Å²) in [5.74, 6) is -0.511. The van der Waals surface area contributed by atoms with Gasteiger partial charge in [-0.05, 0) is 37.8 Å². The zero-order chi connectivity index (χ0) is 18.4. The highest BCUT2D eigenvalue weighted by molar-refractivity contribution is 6.11. The van der Waals surface area contributed by atoms with Crippen LogP contribution in [0.1, 0.15) is 37.7 Å². The van der Waals surface area contributed by atoms with E-state index in [0.717, 1.165) is 31.9 Å². The first-order valence-corrected chi connectivity index (χ1v) is 8.87. The normalized spacial score (nSPS) is 16.5. The summed E-state index contributed by atoms with van der Waals surface area (Å²) in [6, 6.07) is 12.3. The van der Waals surface area contributed by atoms with Crippen LogP contribution < -0.4 is 5.56 Å². The molecule has 1 heterocycles. The second-order valence-electron chi connectivity index (χ2n) is 6.39. The van der Waals surface area contributed by atoms with Crippen LogP contribution in [-0.2, 0) is 0 Å². The number of halogens is 1. The quantitative estimate of drug-likeness (QED) is 0.733. The van der Waals surface area contributed by atoms with Gasteiger partial charge in [0, 0.05) is 23.5 Å². The molecule has 0 spiro atoms. The van der Waals surface area contributed by atoms with Gasteiger partial charge in [-0.25, -0.2) is 4.39 Å². The Morgan fingerprint density at radius 2 is 1.96 bits per heavy atom. The van der Waals surface area contributed by atoms with Crippen molar-refractivity contribution in [3.8, 4) is 5.69 Å². The fourth-order valence-corrected chi connectivity index (χ4v) is 3.25. The number of benzene rings is 1. The standard InChI is InChI=1S/C21H22FN3O/c1-23-15-19(22)21(24-17-9-3-2-4-10-17)16-8-7-11-18(14-16)25-13-6-5-12-20(25)26/h5-8,11-15,17H,1-4,9-10H2/b19-15+,24-21?. The van der Waals surface area contributed by atoms with Crippen molar-refractivity contribution < 1.29 is 4.39 Å². The highest BCUT2D eigenvalue weighted by Crippen LogP contribution is 2.23. The van der Waals surface area contributed by atoms with Crippen molar-refractivity contribution in [3.05, 3.63) is 76.6 Å². The Morgan fingerprint density at radius 1 is 1.15 bits per heavy atom. The van der Waals surface area contributed by atoms with Crippen LogP contribution in [0.4, 0.5) is 4.39 Å². The summed E-state index contributed by atoms with van der Waals surface area (Å²) in [6.07, 6.45) is 8.16. The van der Waals surface area contributed by atoms with E-state index in [1.807, 2.05) is 6.07 Å². The molecule has 4 nitrogen and oxygen atoms in total. The molecule has 134 valence electrons. The predicted octanol–water partition coefficient (Wildman–Crippen LogP) is 4.47. The number of aromatic nitrogens is 1. The Balaban J connectivity index is 2.04. The molecule has 1 saturated carbocycles. The molecule has 0 bridgehead atoms. The van der Waals surface area contributed by atoms with E-state index >= 15 is 0 Å². The van der Waals surface area contributed by atoms with E-state index in [4.69, 9.17) is 0 Å². The van der Waals surface area contributed by atoms with Gasteiger partial charge < -0.3 is 0 Å². The fraction of sp³-hybridized carbons (Fsp3) is 0.286. The second-order valence-corrected chi connectivity index (χ2v) is 6.39. The number of allylic oxidation sites excluding steroid dienone is 1. The van der Waals surface area contributed by atoms with Gasteiger partial charge in [-0.3, -0.25) is 19.3 Å². The number of hydrogen-bond donors (Lipinski definition) is 0. The van der Waals surface area contributed by atoms with Gasteiger partial charge in [-0.2, -0.15) is 0 Å². The summed E-state index contributed by atoms with van der Waals surface area (Å²) in [7, 11) is 0. The van der Waals surface area contributed by atoms with Crippen LogP contribution in [0.5, 0.6) is 0 Å². The first-order chi connectivity index (χ1) is 12.7. The van der Waals surface area contributed by atoms with Crippen LogP contribution in [0.15, 0.2) is 75.5 Å². The van der Waals surface area contributed by atoms with Crippen LogP contribution in [0.25, 0.3) is 5.69 Å². The molecule has 1 aliphatic carbocycles. The Morgan fingerprint density at radius 3 is 2.69 bits per heavy atom. The zero-order valence-electron chi connectivity index (χ0n) is 14.6. The molecule has 3 rings (SSSR count). The lowest BCUT2D eigenvalue weighted by Crippen LogP contribution is -2.17. The van der Waals surface area contributed by atoms with Gasteiger partial charge in [0.1, 0.15) is 5.71 Å². The zero-order valence-corrected chi connectivity index (χ0v) is 14.6. The van der Waals surface area contributed by atoms with Crippen molar-refractivity contribution in [1.82, 2.24) is 4.57 Å². The molecular formula is C21H22FN3O. The molecule has 1 aliphatic rings. The summed E-state index contributed by atoms with van der Waals surface area (Å²) in [6.45, 7) is 3.33. The number of pyridine rings is 1. The highest BCUT2D eigenvalue weighted by Gasteiger charge is 2.17. The third-order valence-electron chi connectivity index (χ3n) is 4.54. The first-order valence-electron chi connectivity index (χ1n) is 8.87. The van der Waals surface area contributed by atoms with Crippen molar-refractivity contribution >= 4 is 12.4 Å². The molecule has 0 saturated heterocycles. The van der Waals surface area contributed by atoms with E-state index in [9.17, 15) is 9.18 Å². The fourth-order valence-electron chi connectivity index (χ4n) is 3.25. The molecule has 2 aromatic rings. The van der Waals surface area contributed by atoms with Gasteiger partial charge in [0.15, 0.2) is 5.83 Å². The van der Waals surface area contributed by atoms with E-state index < -0.39 is 5.83 Å². The van der Waals surface area contributed by atoms with Crippen LogP contribution in [-0.4, -0.2) is 23.0 Å². The monoisotopic (exact) mass is 351 g/mol. The van der Waals surface area contributed by atoms with Gasteiger partial charge in [0.2, 0.25) is 0 Å². The Kier molecular flexibility index (Phi) is 5.89. The Hall–Kier alpha value is -2.82. The Labute approximate surface area is 152 Å². The summed E-state index contributed by atoms with van der Waals surface area (Å²) in [4.78, 5) is 20.3. The summed E-state index contributed by atoms with van der Waals surface area (Å²) < 4.78 is 16.2. The molecule has 0 atom stereocenters. The van der Waals surface area contributed by atoms with E-state index in [1.54, 1.807) is 36.5 Å². The third-order valence-corrected chi connectivity index (χ3v) is 4.54. The number of hydrogen-bond acceptors (Lipinski definition) is 3. The molecule has 1 aromatic carbocycles. The maximum atomic E-state index is 14.6. The Bertz CT molecular complexity index is 892. The van der Waals surface area contributed by atoms with Gasteiger partial charge in [0.05, 0.1) is 12.2 Å². The van der Waals surface area contributed by atoms with Gasteiger partial charge in [0.25, 0.3) is 5.56 Å². The molecule has 1 aromatic heterocycles. The van der Waals surface area contributed by atoms with Crippen LogP contribution in [0.2, 0.25) is 0 Å². The molecule has 0 aliphatic heterocycles. The number of nitrogens with zero attached hydrogens (tertiary/aromatic N) is 3. The van der Waals surface area contributed by atoms with E-state index in [2.05, 4.69) is 16.7 Å².